The number of fused-ring (bicyclic) bond motifs is 5. The summed E-state index contributed by atoms with van der Waals surface area (Å²) in [5, 5.41) is 15.5. The Balaban J connectivity index is 0.000000420. The zero-order valence-corrected chi connectivity index (χ0v) is 45.2. The van der Waals surface area contributed by atoms with Crippen LogP contribution < -0.4 is 10.6 Å². The van der Waals surface area contributed by atoms with Crippen LogP contribution in [0.15, 0.2) is 11.6 Å². The topological polar surface area (TPSA) is 134 Å². The van der Waals surface area contributed by atoms with Crippen molar-refractivity contribution in [3.05, 3.63) is 11.6 Å². The molecule has 0 spiro atoms. The number of carbonyl (C=O) groups is 2. The maximum absolute atomic E-state index is 12.6. The van der Waals surface area contributed by atoms with E-state index in [1.165, 1.54) is 89.9 Å². The van der Waals surface area contributed by atoms with Crippen molar-refractivity contribution >= 4 is 12.0 Å². The molecule has 0 heterocycles. The molecule has 0 aliphatic heterocycles. The maximum Gasteiger partial charge on any atom is 0.407 e. The lowest BCUT2D eigenvalue weighted by Gasteiger charge is -2.58. The van der Waals surface area contributed by atoms with Crippen LogP contribution in [0.5, 0.6) is 0 Å². The minimum atomic E-state index is -0.469. The van der Waals surface area contributed by atoms with Gasteiger partial charge in [-0.1, -0.05) is 117 Å². The Morgan fingerprint density at radius 2 is 1.32 bits per heavy atom. The first-order valence-corrected chi connectivity index (χ1v) is 28.4. The van der Waals surface area contributed by atoms with E-state index in [1.54, 1.807) is 5.57 Å². The lowest BCUT2D eigenvalue weighted by Crippen LogP contribution is -2.51. The largest absolute Gasteiger partial charge is 0.446 e. The summed E-state index contributed by atoms with van der Waals surface area (Å²) >= 11 is 0. The van der Waals surface area contributed by atoms with Gasteiger partial charge in [-0.2, -0.15) is 0 Å². The monoisotopic (exact) mass is 963 g/mol. The highest BCUT2D eigenvalue weighted by atomic mass is 16.6. The zero-order valence-electron chi connectivity index (χ0n) is 45.2. The van der Waals surface area contributed by atoms with E-state index in [0.717, 1.165) is 80.5 Å². The molecule has 0 aromatic rings. The summed E-state index contributed by atoms with van der Waals surface area (Å²) in [7, 11) is 0. The molecule has 0 radical (unpaired) electrons. The highest BCUT2D eigenvalue weighted by molar-refractivity contribution is 5.75. The molecular weight excluding hydrogens is 857 g/mol. The molecule has 4 aliphatic rings. The van der Waals surface area contributed by atoms with Gasteiger partial charge < -0.3 is 44.2 Å². The number of carbonyl (C=O) groups excluding carboxylic acids is 2. The van der Waals surface area contributed by atoms with Crippen LogP contribution in [-0.4, -0.2) is 108 Å². The van der Waals surface area contributed by atoms with E-state index in [0.29, 0.717) is 97.4 Å². The second kappa shape index (κ2) is 35.4. The number of hydrogen-bond donors (Lipinski definition) is 3. The fourth-order valence-electron chi connectivity index (χ4n) is 12.5. The van der Waals surface area contributed by atoms with Crippen molar-refractivity contribution in [2.45, 2.75) is 215 Å². The summed E-state index contributed by atoms with van der Waals surface area (Å²) in [6.07, 6.45) is 28.8. The fourth-order valence-corrected chi connectivity index (χ4v) is 12.5. The predicted octanol–water partition coefficient (Wildman–Crippen LogP) is 12.4. The first kappa shape index (κ1) is 60.5. The van der Waals surface area contributed by atoms with Crippen LogP contribution in [0.25, 0.3) is 0 Å². The quantitative estimate of drug-likeness (QED) is 0.0414. The van der Waals surface area contributed by atoms with Crippen molar-refractivity contribution in [1.29, 1.82) is 0 Å². The molecule has 11 nitrogen and oxygen atoms in total. The van der Waals surface area contributed by atoms with Gasteiger partial charge in [0.1, 0.15) is 6.10 Å². The molecule has 3 saturated carbocycles. The van der Waals surface area contributed by atoms with E-state index in [4.69, 9.17) is 28.4 Å². The van der Waals surface area contributed by atoms with Crippen molar-refractivity contribution in [1.82, 2.24) is 10.6 Å². The maximum atomic E-state index is 12.6. The Morgan fingerprint density at radius 1 is 0.676 bits per heavy atom. The molecule has 0 saturated heterocycles. The van der Waals surface area contributed by atoms with Crippen LogP contribution in [-0.2, 0) is 33.2 Å². The smallest absolute Gasteiger partial charge is 0.407 e. The molecule has 11 heteroatoms. The van der Waals surface area contributed by atoms with Crippen LogP contribution in [0.3, 0.4) is 0 Å². The number of aliphatic hydroxyl groups is 1. The molecule has 0 aromatic heterocycles. The summed E-state index contributed by atoms with van der Waals surface area (Å²) in [5.41, 5.74) is 2.39. The summed E-state index contributed by atoms with van der Waals surface area (Å²) in [5.74, 6) is 5.25. The summed E-state index contributed by atoms with van der Waals surface area (Å²) in [4.78, 5) is 24.3. The first-order chi connectivity index (χ1) is 32.9. The number of allylic oxidation sites excluding steroid dienone is 1. The predicted molar refractivity (Wildman–Crippen MR) is 277 cm³/mol. The number of aliphatic hydroxyl groups excluding tert-OH is 1. The van der Waals surface area contributed by atoms with Gasteiger partial charge in [-0.25, -0.2) is 4.79 Å². The van der Waals surface area contributed by atoms with Crippen LogP contribution in [0.4, 0.5) is 4.79 Å². The van der Waals surface area contributed by atoms with E-state index in [-0.39, 0.29) is 23.5 Å². The number of nitrogens with one attached hydrogen (secondary N) is 2. The third kappa shape index (κ3) is 22.3. The number of ether oxygens (including phenoxy) is 6. The van der Waals surface area contributed by atoms with Gasteiger partial charge >= 0.3 is 6.09 Å². The van der Waals surface area contributed by atoms with Crippen LogP contribution in [0, 0.1) is 46.3 Å². The molecule has 4 unspecified atom stereocenters. The van der Waals surface area contributed by atoms with Crippen molar-refractivity contribution in [3.8, 4) is 0 Å². The van der Waals surface area contributed by atoms with Gasteiger partial charge in [-0.3, -0.25) is 4.79 Å². The normalized spacial score (nSPS) is 26.1. The van der Waals surface area contributed by atoms with Gasteiger partial charge in [0.25, 0.3) is 0 Å². The fraction of sp³-hybridized carbons (Fsp3) is 0.930. The van der Waals surface area contributed by atoms with Crippen LogP contribution in [0.1, 0.15) is 203 Å². The first-order valence-electron chi connectivity index (χ1n) is 28.4. The van der Waals surface area contributed by atoms with Gasteiger partial charge in [0.05, 0.1) is 39.1 Å². The third-order valence-corrected chi connectivity index (χ3v) is 16.4. The molecule has 3 fully saturated rings. The molecule has 0 aromatic carbocycles. The molecule has 2 amide bonds. The summed E-state index contributed by atoms with van der Waals surface area (Å²) in [6, 6.07) is 0. The minimum Gasteiger partial charge on any atom is -0.446 e. The molecule has 4 aliphatic carbocycles. The zero-order chi connectivity index (χ0) is 49.5. The molecule has 68 heavy (non-hydrogen) atoms. The van der Waals surface area contributed by atoms with E-state index in [1.807, 2.05) is 13.8 Å². The Hall–Kier alpha value is -1.76. The van der Waals surface area contributed by atoms with Gasteiger partial charge in [0, 0.05) is 59.0 Å². The lowest BCUT2D eigenvalue weighted by molar-refractivity contribution is -0.121. The average molecular weight is 963 g/mol. The standard InChI is InChI=1S/C37H65NO5.C20H41NO4/c1-7-40-22-23-42-25-24-41-21-9-20-38-35(39)43-30-16-18-36(5)29(26-30)12-13-31-33-15-14-32(28(4)11-8-10-27(2)3)37(33,6)19-17-34(31)36;1-3-5-6-7-8-9-10-11-13-20(23)21-15-12-16-25-18-19(22)14-17-24-4-2/h12,27-28,30-34H,7-11,13-26H2,1-6H3,(H,38,39);19,22H,3-18H2,1-2H3,(H,21,23)/t28-,30+,31?,32-,33?,34?,36+,37-;/m1./s1. The molecule has 4 rings (SSSR count). The highest BCUT2D eigenvalue weighted by Crippen LogP contribution is 2.67. The number of rotatable bonds is 36. The minimum absolute atomic E-state index is 0.00244. The molecular formula is C57H106N2O9. The van der Waals surface area contributed by atoms with Gasteiger partial charge in [0.2, 0.25) is 5.91 Å². The number of hydrogen-bond acceptors (Lipinski definition) is 9. The number of unbranched alkanes of at least 4 members (excludes halogenated alkanes) is 7. The summed E-state index contributed by atoms with van der Waals surface area (Å²) < 4.78 is 32.8. The third-order valence-electron chi connectivity index (χ3n) is 16.4. The summed E-state index contributed by atoms with van der Waals surface area (Å²) in [6.45, 7) is 25.7. The van der Waals surface area contributed by atoms with Crippen LogP contribution >= 0.6 is 0 Å². The molecule has 398 valence electrons. The van der Waals surface area contributed by atoms with Crippen molar-refractivity contribution in [2.24, 2.45) is 46.3 Å². The van der Waals surface area contributed by atoms with E-state index in [9.17, 15) is 14.7 Å². The van der Waals surface area contributed by atoms with E-state index < -0.39 is 6.10 Å². The van der Waals surface area contributed by atoms with Gasteiger partial charge in [0.15, 0.2) is 0 Å². The SMILES string of the molecule is CCCCCCCCCCC(=O)NCCCOCC(O)CCOCC.CCOCCOCCOCCCNC(=O)O[C@H]1CC[C@@]2(C)C(=CCC3C2CC[C@@]2(C)C3CC[C@@H]2[C@H](C)CCCC(C)C)C1. The van der Waals surface area contributed by atoms with E-state index >= 15 is 0 Å². The second-order valence-electron chi connectivity index (χ2n) is 21.9. The lowest BCUT2D eigenvalue weighted by atomic mass is 9.47. The van der Waals surface area contributed by atoms with E-state index in [2.05, 4.69) is 58.3 Å². The average Bonchev–Trinajstić information content (AvgIpc) is 3.68. The van der Waals surface area contributed by atoms with Crippen molar-refractivity contribution in [2.75, 3.05) is 79.2 Å². The Kier molecular flexibility index (Phi) is 31.5. The Bertz CT molecular complexity index is 1350. The van der Waals surface area contributed by atoms with Crippen molar-refractivity contribution in [3.63, 3.8) is 0 Å². The van der Waals surface area contributed by atoms with Crippen molar-refractivity contribution < 1.29 is 43.1 Å². The van der Waals surface area contributed by atoms with Gasteiger partial charge in [-0.05, 0) is 131 Å². The number of alkyl carbamates (subject to hydrolysis) is 1. The number of amides is 2. The Labute approximate surface area is 416 Å². The Morgan fingerprint density at radius 3 is 2.03 bits per heavy atom. The van der Waals surface area contributed by atoms with Gasteiger partial charge in [-0.15, -0.1) is 0 Å². The van der Waals surface area contributed by atoms with Crippen LogP contribution in [0.2, 0.25) is 0 Å². The molecule has 3 N–H and O–H groups in total. The highest BCUT2D eigenvalue weighted by Gasteiger charge is 2.59. The second-order valence-corrected chi connectivity index (χ2v) is 21.9. The molecule has 0 bridgehead atoms. The molecule has 9 atom stereocenters.